The highest BCUT2D eigenvalue weighted by Crippen LogP contribution is 2.41. The summed E-state index contributed by atoms with van der Waals surface area (Å²) >= 11 is 2.34. The Kier molecular flexibility index (Phi) is 3.43. The molecule has 2 aromatic rings. The first kappa shape index (κ1) is 13.7. The lowest BCUT2D eigenvalue weighted by molar-refractivity contribution is -0.402. The van der Waals surface area contributed by atoms with Crippen molar-refractivity contribution in [3.8, 4) is 0 Å². The summed E-state index contributed by atoms with van der Waals surface area (Å²) < 4.78 is 4.99. The van der Waals surface area contributed by atoms with Crippen LogP contribution in [0.1, 0.15) is 16.7 Å². The van der Waals surface area contributed by atoms with E-state index in [0.29, 0.717) is 9.91 Å². The van der Waals surface area contributed by atoms with E-state index in [0.717, 1.165) is 11.8 Å². The van der Waals surface area contributed by atoms with Crippen LogP contribution < -0.4 is 0 Å². The molecule has 1 N–H and O–H groups in total. The molecule has 0 aromatic carbocycles. The van der Waals surface area contributed by atoms with Gasteiger partial charge in [-0.2, -0.15) is 0 Å². The maximum Gasteiger partial charge on any atom is 0.433 e. The number of carbonyl (C=O) groups excluding carboxylic acids is 1. The largest absolute Gasteiger partial charge is 0.433 e. The minimum atomic E-state index is -0.675. The van der Waals surface area contributed by atoms with E-state index in [9.17, 15) is 14.9 Å². The van der Waals surface area contributed by atoms with Gasteiger partial charge >= 0.3 is 5.88 Å². The Morgan fingerprint density at radius 1 is 1.48 bits per heavy atom. The van der Waals surface area contributed by atoms with Crippen LogP contribution in [0, 0.1) is 15.5 Å². The van der Waals surface area contributed by atoms with Gasteiger partial charge in [-0.15, -0.1) is 11.3 Å². The summed E-state index contributed by atoms with van der Waals surface area (Å²) in [6, 6.07) is 2.64. The standard InChI is InChI=1S/C12H7N3O4S2/c13-11-9(12-14-3-4-20-12)10(16)7(21-11)5-6-1-2-8(19-6)15(17)18/h1-5,9,13H. The van der Waals surface area contributed by atoms with Crippen LogP contribution in [0.2, 0.25) is 0 Å². The third-order valence-corrected chi connectivity index (χ3v) is 4.59. The summed E-state index contributed by atoms with van der Waals surface area (Å²) in [5.74, 6) is -1.08. The maximum absolute atomic E-state index is 12.3. The Bertz CT molecular complexity index is 763. The van der Waals surface area contributed by atoms with Gasteiger partial charge in [0, 0.05) is 11.6 Å². The number of hydrogen-bond donors (Lipinski definition) is 1. The summed E-state index contributed by atoms with van der Waals surface area (Å²) in [4.78, 5) is 26.6. The van der Waals surface area contributed by atoms with Gasteiger partial charge in [-0.1, -0.05) is 11.8 Å². The number of thiazole rings is 1. The first-order chi connectivity index (χ1) is 10.1. The number of ketones is 1. The number of aromatic nitrogens is 1. The van der Waals surface area contributed by atoms with Crippen LogP contribution in [0.15, 0.2) is 33.0 Å². The van der Waals surface area contributed by atoms with Crippen molar-refractivity contribution >= 4 is 45.9 Å². The average Bonchev–Trinajstić information content (AvgIpc) is 3.12. The molecule has 106 valence electrons. The number of furan rings is 1. The predicted molar refractivity (Wildman–Crippen MR) is 78.5 cm³/mol. The molecule has 2 aromatic heterocycles. The zero-order chi connectivity index (χ0) is 15.0. The summed E-state index contributed by atoms with van der Waals surface area (Å²) in [5, 5.41) is 21.0. The number of nitrogens with one attached hydrogen (secondary N) is 1. The zero-order valence-corrected chi connectivity index (χ0v) is 11.9. The zero-order valence-electron chi connectivity index (χ0n) is 10.3. The van der Waals surface area contributed by atoms with E-state index in [1.807, 2.05) is 0 Å². The third kappa shape index (κ3) is 2.52. The summed E-state index contributed by atoms with van der Waals surface area (Å²) in [5.41, 5.74) is 0. The highest BCUT2D eigenvalue weighted by Gasteiger charge is 2.38. The van der Waals surface area contributed by atoms with Crippen LogP contribution in [-0.4, -0.2) is 20.7 Å². The van der Waals surface area contributed by atoms with Crippen molar-refractivity contribution in [2.45, 2.75) is 5.92 Å². The van der Waals surface area contributed by atoms with Crippen LogP contribution >= 0.6 is 23.1 Å². The smallest absolute Gasteiger partial charge is 0.401 e. The van der Waals surface area contributed by atoms with Crippen LogP contribution in [0.3, 0.4) is 0 Å². The Hall–Kier alpha value is -2.26. The minimum absolute atomic E-state index is 0.197. The van der Waals surface area contributed by atoms with E-state index in [2.05, 4.69) is 4.98 Å². The van der Waals surface area contributed by atoms with E-state index in [4.69, 9.17) is 9.83 Å². The van der Waals surface area contributed by atoms with Crippen LogP contribution in [-0.2, 0) is 4.79 Å². The summed E-state index contributed by atoms with van der Waals surface area (Å²) in [7, 11) is 0. The molecule has 9 heteroatoms. The molecule has 7 nitrogen and oxygen atoms in total. The van der Waals surface area contributed by atoms with E-state index in [1.54, 1.807) is 11.6 Å². The predicted octanol–water partition coefficient (Wildman–Crippen LogP) is 3.06. The second-order valence-corrected chi connectivity index (χ2v) is 6.09. The topological polar surface area (TPSA) is 110 Å². The van der Waals surface area contributed by atoms with Crippen molar-refractivity contribution in [2.24, 2.45) is 0 Å². The Balaban J connectivity index is 1.90. The second kappa shape index (κ2) is 5.26. The number of Topliss-reactive ketones (excluding diaryl/α,β-unsaturated/α-hetero) is 1. The molecule has 1 aliphatic rings. The quantitative estimate of drug-likeness (QED) is 0.528. The molecule has 0 radical (unpaired) electrons. The van der Waals surface area contributed by atoms with Gasteiger partial charge in [0.2, 0.25) is 0 Å². The third-order valence-electron chi connectivity index (χ3n) is 2.75. The van der Waals surface area contributed by atoms with Crippen LogP contribution in [0.5, 0.6) is 0 Å². The Morgan fingerprint density at radius 2 is 2.29 bits per heavy atom. The van der Waals surface area contributed by atoms with Crippen molar-refractivity contribution in [3.63, 3.8) is 0 Å². The highest BCUT2D eigenvalue weighted by atomic mass is 32.2. The molecule has 1 aliphatic heterocycles. The molecule has 0 saturated carbocycles. The molecule has 1 atom stereocenters. The molecule has 3 rings (SSSR count). The van der Waals surface area contributed by atoms with Gasteiger partial charge in [-0.05, 0) is 12.1 Å². The maximum atomic E-state index is 12.3. The van der Waals surface area contributed by atoms with E-state index in [-0.39, 0.29) is 22.5 Å². The number of rotatable bonds is 3. The molecule has 0 bridgehead atoms. The number of nitrogens with zero attached hydrogens (tertiary/aromatic N) is 2. The number of allylic oxidation sites excluding steroid dienone is 1. The summed E-state index contributed by atoms with van der Waals surface area (Å²) in [6.07, 6.45) is 3.00. The molecule has 1 fully saturated rings. The molecule has 21 heavy (non-hydrogen) atoms. The molecule has 0 amide bonds. The van der Waals surface area contributed by atoms with Crippen molar-refractivity contribution in [1.29, 1.82) is 5.41 Å². The second-order valence-electron chi connectivity index (χ2n) is 4.08. The lowest BCUT2D eigenvalue weighted by Gasteiger charge is -2.00. The molecule has 3 heterocycles. The van der Waals surface area contributed by atoms with Gasteiger partial charge < -0.3 is 4.42 Å². The fourth-order valence-electron chi connectivity index (χ4n) is 1.84. The Morgan fingerprint density at radius 3 is 2.90 bits per heavy atom. The first-order valence-electron chi connectivity index (χ1n) is 5.72. The van der Waals surface area contributed by atoms with Crippen molar-refractivity contribution in [3.05, 3.63) is 49.5 Å². The molecule has 1 saturated heterocycles. The van der Waals surface area contributed by atoms with Gasteiger partial charge in [-0.3, -0.25) is 20.3 Å². The van der Waals surface area contributed by atoms with Gasteiger partial charge in [-0.25, -0.2) is 4.98 Å². The lowest BCUT2D eigenvalue weighted by Crippen LogP contribution is -2.11. The minimum Gasteiger partial charge on any atom is -0.401 e. The van der Waals surface area contributed by atoms with Gasteiger partial charge in [0.1, 0.15) is 21.6 Å². The Labute approximate surface area is 126 Å². The number of hydrogen-bond acceptors (Lipinski definition) is 8. The van der Waals surface area contributed by atoms with E-state index in [1.165, 1.54) is 29.5 Å². The average molecular weight is 321 g/mol. The molecule has 0 aliphatic carbocycles. The van der Waals surface area contributed by atoms with Gasteiger partial charge in [0.25, 0.3) is 0 Å². The van der Waals surface area contributed by atoms with Crippen molar-refractivity contribution in [1.82, 2.24) is 4.98 Å². The fraction of sp³-hybridized carbons (Fsp3) is 0.0833. The number of thioether (sulfide) groups is 1. The monoisotopic (exact) mass is 321 g/mol. The fourth-order valence-corrected chi connectivity index (χ4v) is 3.62. The van der Waals surface area contributed by atoms with Crippen molar-refractivity contribution < 1.29 is 14.1 Å². The SMILES string of the molecule is N=C1SC(=Cc2ccc([N+](=O)[O-])o2)C(=O)C1c1nccs1. The van der Waals surface area contributed by atoms with Gasteiger partial charge in [0.05, 0.1) is 16.0 Å². The number of nitro groups is 1. The van der Waals surface area contributed by atoms with Crippen molar-refractivity contribution in [2.75, 3.05) is 0 Å². The molecule has 0 spiro atoms. The molecule has 1 unspecified atom stereocenters. The summed E-state index contributed by atoms with van der Waals surface area (Å²) in [6.45, 7) is 0. The van der Waals surface area contributed by atoms with Gasteiger partial charge in [0.15, 0.2) is 5.78 Å². The molecular formula is C12H7N3O4S2. The lowest BCUT2D eigenvalue weighted by atomic mass is 10.1. The van der Waals surface area contributed by atoms with Crippen LogP contribution in [0.25, 0.3) is 6.08 Å². The number of carbonyl (C=O) groups is 1. The highest BCUT2D eigenvalue weighted by molar-refractivity contribution is 8.19. The normalized spacial score (nSPS) is 20.4. The van der Waals surface area contributed by atoms with Crippen LogP contribution in [0.4, 0.5) is 5.88 Å². The van der Waals surface area contributed by atoms with E-state index < -0.39 is 10.8 Å². The first-order valence-corrected chi connectivity index (χ1v) is 7.41. The van der Waals surface area contributed by atoms with E-state index >= 15 is 0 Å². The molecular weight excluding hydrogens is 314 g/mol.